The third-order valence-corrected chi connectivity index (χ3v) is 2.62. The first kappa shape index (κ1) is 8.51. The summed E-state index contributed by atoms with van der Waals surface area (Å²) in [6.45, 7) is 0. The van der Waals surface area contributed by atoms with Crippen molar-refractivity contribution in [1.29, 1.82) is 0 Å². The van der Waals surface area contributed by atoms with Crippen molar-refractivity contribution in [3.05, 3.63) is 24.0 Å². The van der Waals surface area contributed by atoms with Crippen molar-refractivity contribution in [1.82, 2.24) is 4.98 Å². The first-order chi connectivity index (χ1) is 6.24. The molecule has 1 aromatic rings. The summed E-state index contributed by atoms with van der Waals surface area (Å²) in [5, 5.41) is 9.98. The molecule has 1 aromatic heterocycles. The smallest absolute Gasteiger partial charge is 0.122 e. The van der Waals surface area contributed by atoms with Crippen molar-refractivity contribution >= 4 is 0 Å². The lowest BCUT2D eigenvalue weighted by Crippen LogP contribution is -2.34. The Balaban J connectivity index is 2.29. The fourth-order valence-electron chi connectivity index (χ4n) is 1.56. The molecule has 2 rings (SSSR count). The molecule has 0 radical (unpaired) electrons. The monoisotopic (exact) mass is 179 g/mol. The van der Waals surface area contributed by atoms with Crippen LogP contribution in [0.2, 0.25) is 0 Å². The minimum atomic E-state index is -0.686. The lowest BCUT2D eigenvalue weighted by molar-refractivity contribution is -0.0427. The number of methoxy groups -OCH3 is 1. The molecule has 0 atom stereocenters. The average Bonchev–Trinajstić information content (AvgIpc) is 2.14. The van der Waals surface area contributed by atoms with Crippen molar-refractivity contribution in [2.24, 2.45) is 0 Å². The maximum absolute atomic E-state index is 9.98. The molecule has 1 N–H and O–H groups in total. The largest absolute Gasteiger partial charge is 0.497 e. The highest BCUT2D eigenvalue weighted by atomic mass is 16.5. The van der Waals surface area contributed by atoms with Gasteiger partial charge in [-0.1, -0.05) is 0 Å². The third-order valence-electron chi connectivity index (χ3n) is 2.62. The fourth-order valence-corrected chi connectivity index (χ4v) is 1.56. The molecule has 0 saturated heterocycles. The Morgan fingerprint density at radius 2 is 2.31 bits per heavy atom. The van der Waals surface area contributed by atoms with Crippen LogP contribution in [0.1, 0.15) is 25.0 Å². The van der Waals surface area contributed by atoms with Gasteiger partial charge in [0.1, 0.15) is 11.4 Å². The van der Waals surface area contributed by atoms with E-state index in [1.54, 1.807) is 25.4 Å². The Labute approximate surface area is 77.4 Å². The van der Waals surface area contributed by atoms with E-state index in [9.17, 15) is 5.11 Å². The second-order valence-electron chi connectivity index (χ2n) is 3.47. The van der Waals surface area contributed by atoms with Gasteiger partial charge in [-0.05, 0) is 25.3 Å². The molecule has 3 heteroatoms. The fraction of sp³-hybridized carbons (Fsp3) is 0.500. The van der Waals surface area contributed by atoms with Gasteiger partial charge in [-0.2, -0.15) is 0 Å². The predicted molar refractivity (Wildman–Crippen MR) is 48.5 cm³/mol. The number of pyridine rings is 1. The minimum Gasteiger partial charge on any atom is -0.497 e. The number of nitrogens with zero attached hydrogens (tertiary/aromatic N) is 1. The van der Waals surface area contributed by atoms with E-state index in [2.05, 4.69) is 4.98 Å². The van der Waals surface area contributed by atoms with Crippen molar-refractivity contribution < 1.29 is 9.84 Å². The molecule has 1 saturated carbocycles. The first-order valence-electron chi connectivity index (χ1n) is 4.47. The Morgan fingerprint density at radius 1 is 1.54 bits per heavy atom. The zero-order valence-electron chi connectivity index (χ0n) is 7.66. The maximum atomic E-state index is 9.98. The Hall–Kier alpha value is -1.09. The molecule has 3 nitrogen and oxygen atoms in total. The molecule has 0 amide bonds. The van der Waals surface area contributed by atoms with Gasteiger partial charge in [0.25, 0.3) is 0 Å². The molecule has 70 valence electrons. The summed E-state index contributed by atoms with van der Waals surface area (Å²) < 4.78 is 5.07. The van der Waals surface area contributed by atoms with E-state index in [0.29, 0.717) is 0 Å². The number of hydrogen-bond acceptors (Lipinski definition) is 3. The van der Waals surface area contributed by atoms with Crippen molar-refractivity contribution in [2.75, 3.05) is 7.11 Å². The zero-order chi connectivity index (χ0) is 9.31. The van der Waals surface area contributed by atoms with Gasteiger partial charge < -0.3 is 9.84 Å². The summed E-state index contributed by atoms with van der Waals surface area (Å²) in [6, 6.07) is 3.59. The lowest BCUT2D eigenvalue weighted by atomic mass is 9.77. The first-order valence-corrected chi connectivity index (χ1v) is 4.47. The second-order valence-corrected chi connectivity index (χ2v) is 3.47. The van der Waals surface area contributed by atoms with Crippen LogP contribution in [0.3, 0.4) is 0 Å². The van der Waals surface area contributed by atoms with Gasteiger partial charge in [0, 0.05) is 12.3 Å². The summed E-state index contributed by atoms with van der Waals surface area (Å²) in [5.74, 6) is 0.755. The maximum Gasteiger partial charge on any atom is 0.122 e. The van der Waals surface area contributed by atoms with E-state index in [-0.39, 0.29) is 0 Å². The van der Waals surface area contributed by atoms with Gasteiger partial charge in [0.05, 0.1) is 12.8 Å². The predicted octanol–water partition coefficient (Wildman–Crippen LogP) is 1.46. The molecular weight excluding hydrogens is 166 g/mol. The molecule has 1 fully saturated rings. The van der Waals surface area contributed by atoms with Crippen LogP contribution < -0.4 is 4.74 Å². The summed E-state index contributed by atoms with van der Waals surface area (Å²) in [7, 11) is 1.62. The molecule has 1 aliphatic carbocycles. The van der Waals surface area contributed by atoms with Crippen molar-refractivity contribution in [3.63, 3.8) is 0 Å². The van der Waals surface area contributed by atoms with Crippen LogP contribution in [0.25, 0.3) is 0 Å². The van der Waals surface area contributed by atoms with Crippen LogP contribution in [0, 0.1) is 0 Å². The molecule has 0 spiro atoms. The van der Waals surface area contributed by atoms with Gasteiger partial charge in [-0.15, -0.1) is 0 Å². The number of ether oxygens (including phenoxy) is 1. The highest BCUT2D eigenvalue weighted by molar-refractivity contribution is 5.27. The van der Waals surface area contributed by atoms with Crippen molar-refractivity contribution in [2.45, 2.75) is 24.9 Å². The van der Waals surface area contributed by atoms with Gasteiger partial charge >= 0.3 is 0 Å². The third kappa shape index (κ3) is 1.40. The van der Waals surface area contributed by atoms with Crippen LogP contribution in [0.5, 0.6) is 5.75 Å². The van der Waals surface area contributed by atoms with E-state index < -0.39 is 5.60 Å². The number of aliphatic hydroxyl groups is 1. The van der Waals surface area contributed by atoms with Crippen LogP contribution in [0.15, 0.2) is 18.3 Å². The number of hydrogen-bond donors (Lipinski definition) is 1. The molecule has 13 heavy (non-hydrogen) atoms. The molecule has 0 unspecified atom stereocenters. The summed E-state index contributed by atoms with van der Waals surface area (Å²) in [4.78, 5) is 4.15. The van der Waals surface area contributed by atoms with Crippen LogP contribution in [-0.2, 0) is 5.60 Å². The molecule has 0 aliphatic heterocycles. The minimum absolute atomic E-state index is 0.686. The van der Waals surface area contributed by atoms with Crippen molar-refractivity contribution in [3.8, 4) is 5.75 Å². The Bertz CT molecular complexity index is 308. The summed E-state index contributed by atoms with van der Waals surface area (Å²) in [6.07, 6.45) is 4.38. The van der Waals surface area contributed by atoms with Crippen LogP contribution in [-0.4, -0.2) is 17.2 Å². The van der Waals surface area contributed by atoms with Crippen LogP contribution in [0.4, 0.5) is 0 Å². The molecule has 1 heterocycles. The zero-order valence-corrected chi connectivity index (χ0v) is 7.66. The van der Waals surface area contributed by atoms with E-state index in [1.807, 2.05) is 0 Å². The van der Waals surface area contributed by atoms with E-state index in [0.717, 1.165) is 30.7 Å². The Morgan fingerprint density at radius 3 is 2.85 bits per heavy atom. The van der Waals surface area contributed by atoms with E-state index in [4.69, 9.17) is 4.74 Å². The Kier molecular flexibility index (Phi) is 1.96. The summed E-state index contributed by atoms with van der Waals surface area (Å²) >= 11 is 0. The second kappa shape index (κ2) is 3.00. The van der Waals surface area contributed by atoms with Gasteiger partial charge in [0.15, 0.2) is 0 Å². The highest BCUT2D eigenvalue weighted by Crippen LogP contribution is 2.40. The quantitative estimate of drug-likeness (QED) is 0.747. The van der Waals surface area contributed by atoms with Crippen LogP contribution >= 0.6 is 0 Å². The number of rotatable bonds is 2. The average molecular weight is 179 g/mol. The normalized spacial score (nSPS) is 19.2. The molecule has 1 aliphatic rings. The topological polar surface area (TPSA) is 42.4 Å². The lowest BCUT2D eigenvalue weighted by Gasteiger charge is -2.35. The van der Waals surface area contributed by atoms with Gasteiger partial charge in [-0.3, -0.25) is 4.98 Å². The molecule has 0 aromatic carbocycles. The number of aromatic nitrogens is 1. The van der Waals surface area contributed by atoms with Gasteiger partial charge in [-0.25, -0.2) is 0 Å². The van der Waals surface area contributed by atoms with Gasteiger partial charge in [0.2, 0.25) is 0 Å². The standard InChI is InChI=1S/C10H13NO2/c1-13-8-3-6-11-9(7-8)10(12)4-2-5-10/h3,6-7,12H,2,4-5H2,1H3. The highest BCUT2D eigenvalue weighted by Gasteiger charge is 2.37. The van der Waals surface area contributed by atoms with E-state index in [1.165, 1.54) is 0 Å². The SMILES string of the molecule is COc1ccnc(C2(O)CCC2)c1. The van der Waals surface area contributed by atoms with E-state index >= 15 is 0 Å². The molecular formula is C10H13NO2. The summed E-state index contributed by atoms with van der Waals surface area (Å²) in [5.41, 5.74) is 0.0484. The molecule has 0 bridgehead atoms.